The van der Waals surface area contributed by atoms with Gasteiger partial charge in [0.2, 0.25) is 5.91 Å². The highest BCUT2D eigenvalue weighted by Gasteiger charge is 2.49. The van der Waals surface area contributed by atoms with Crippen molar-refractivity contribution in [3.05, 3.63) is 35.6 Å². The predicted molar refractivity (Wildman–Crippen MR) is 92.3 cm³/mol. The summed E-state index contributed by atoms with van der Waals surface area (Å²) in [6, 6.07) is 4.68. The van der Waals surface area contributed by atoms with Gasteiger partial charge in [-0.2, -0.15) is 0 Å². The lowest BCUT2D eigenvalue weighted by atomic mass is 9.92. The molecule has 2 aliphatic rings. The number of nitrogens with zero attached hydrogens (tertiary/aromatic N) is 1. The Bertz CT molecular complexity index is 724. The Labute approximate surface area is 151 Å². The van der Waals surface area contributed by atoms with Crippen LogP contribution in [0.4, 0.5) is 9.18 Å². The maximum absolute atomic E-state index is 13.1. The molecule has 4 N–H and O–H groups in total. The normalized spacial score (nSPS) is 28.3. The Kier molecular flexibility index (Phi) is 4.95. The molecule has 1 saturated carbocycles. The van der Waals surface area contributed by atoms with Crippen LogP contribution in [0.1, 0.15) is 31.7 Å². The first-order valence-electron chi connectivity index (χ1n) is 8.74. The predicted octanol–water partition coefficient (Wildman–Crippen LogP) is 0.836. The number of nitrogens with one attached hydrogen (secondary N) is 2. The first-order chi connectivity index (χ1) is 12.3. The van der Waals surface area contributed by atoms with Crippen molar-refractivity contribution in [1.82, 2.24) is 15.5 Å². The molecule has 0 aromatic heterocycles. The van der Waals surface area contributed by atoms with Gasteiger partial charge in [0, 0.05) is 6.04 Å². The number of carbonyl (C=O) groups is 3. The van der Waals surface area contributed by atoms with E-state index in [1.165, 1.54) is 24.3 Å². The number of rotatable bonds is 5. The highest BCUT2D eigenvalue weighted by molar-refractivity contribution is 6.09. The van der Waals surface area contributed by atoms with E-state index in [1.807, 2.05) is 0 Å². The summed E-state index contributed by atoms with van der Waals surface area (Å²) >= 11 is 0. The van der Waals surface area contributed by atoms with Gasteiger partial charge in [0.05, 0.1) is 0 Å². The topological polar surface area (TPSA) is 105 Å². The zero-order valence-electron chi connectivity index (χ0n) is 14.6. The van der Waals surface area contributed by atoms with Crippen molar-refractivity contribution in [1.29, 1.82) is 0 Å². The summed E-state index contributed by atoms with van der Waals surface area (Å²) in [4.78, 5) is 38.2. The third-order valence-electron chi connectivity index (χ3n) is 5.31. The van der Waals surface area contributed by atoms with Crippen LogP contribution in [0.5, 0.6) is 0 Å². The van der Waals surface area contributed by atoms with Crippen LogP contribution >= 0.6 is 0 Å². The molecule has 1 aliphatic carbocycles. The molecule has 0 bridgehead atoms. The van der Waals surface area contributed by atoms with Gasteiger partial charge in [-0.1, -0.05) is 18.6 Å². The molecule has 3 atom stereocenters. The van der Waals surface area contributed by atoms with Crippen molar-refractivity contribution in [2.45, 2.75) is 37.8 Å². The van der Waals surface area contributed by atoms with Crippen LogP contribution in [0.25, 0.3) is 0 Å². The number of urea groups is 1. The Morgan fingerprint density at radius 2 is 2.04 bits per heavy atom. The zero-order valence-corrected chi connectivity index (χ0v) is 14.6. The minimum atomic E-state index is -1.32. The van der Waals surface area contributed by atoms with E-state index in [0.717, 1.165) is 24.2 Å². The fraction of sp³-hybridized carbons (Fsp3) is 0.500. The van der Waals surface area contributed by atoms with E-state index >= 15 is 0 Å². The largest absolute Gasteiger partial charge is 0.351 e. The molecule has 0 radical (unpaired) electrons. The second-order valence-corrected chi connectivity index (χ2v) is 7.05. The van der Waals surface area contributed by atoms with Crippen LogP contribution in [0, 0.1) is 11.7 Å². The Balaban J connectivity index is 1.69. The molecule has 3 rings (SSSR count). The van der Waals surface area contributed by atoms with Gasteiger partial charge in [0.1, 0.15) is 17.9 Å². The highest BCUT2D eigenvalue weighted by Crippen LogP contribution is 2.29. The molecule has 8 heteroatoms. The lowest BCUT2D eigenvalue weighted by molar-refractivity contribution is -0.135. The molecule has 1 aliphatic heterocycles. The van der Waals surface area contributed by atoms with Crippen LogP contribution < -0.4 is 16.4 Å². The second-order valence-electron chi connectivity index (χ2n) is 7.05. The first-order valence-corrected chi connectivity index (χ1v) is 8.74. The van der Waals surface area contributed by atoms with Crippen molar-refractivity contribution in [3.63, 3.8) is 0 Å². The third kappa shape index (κ3) is 3.29. The zero-order chi connectivity index (χ0) is 18.9. The van der Waals surface area contributed by atoms with E-state index in [9.17, 15) is 18.8 Å². The maximum atomic E-state index is 13.1. The quantitative estimate of drug-likeness (QED) is 0.675. The van der Waals surface area contributed by atoms with Gasteiger partial charge in [-0.05, 0) is 49.9 Å². The van der Waals surface area contributed by atoms with Gasteiger partial charge in [-0.3, -0.25) is 14.5 Å². The molecule has 3 unspecified atom stereocenters. The average molecular weight is 362 g/mol. The van der Waals surface area contributed by atoms with Gasteiger partial charge in [0.15, 0.2) is 0 Å². The Hall–Kier alpha value is -2.48. The summed E-state index contributed by atoms with van der Waals surface area (Å²) in [6.07, 6.45) is 2.81. The first kappa shape index (κ1) is 18.3. The van der Waals surface area contributed by atoms with Gasteiger partial charge < -0.3 is 16.4 Å². The van der Waals surface area contributed by atoms with Gasteiger partial charge in [-0.15, -0.1) is 0 Å². The SMILES string of the molecule is CC1(c2ccc(F)cc2)NC(=O)N(CC(=O)NC2CCCC2CN)C1=O. The number of imide groups is 1. The van der Waals surface area contributed by atoms with E-state index in [2.05, 4.69) is 10.6 Å². The summed E-state index contributed by atoms with van der Waals surface area (Å²) in [5.74, 6) is -1.13. The minimum Gasteiger partial charge on any atom is -0.351 e. The fourth-order valence-electron chi connectivity index (χ4n) is 3.72. The summed E-state index contributed by atoms with van der Waals surface area (Å²) in [7, 11) is 0. The van der Waals surface area contributed by atoms with Gasteiger partial charge >= 0.3 is 6.03 Å². The molecule has 2 fully saturated rings. The Morgan fingerprint density at radius 1 is 1.35 bits per heavy atom. The summed E-state index contributed by atoms with van der Waals surface area (Å²) in [6.45, 7) is 1.69. The van der Waals surface area contributed by atoms with E-state index < -0.39 is 23.3 Å². The minimum absolute atomic E-state index is 0.0169. The smallest absolute Gasteiger partial charge is 0.325 e. The average Bonchev–Trinajstić information content (AvgIpc) is 3.13. The molecule has 1 saturated heterocycles. The summed E-state index contributed by atoms with van der Waals surface area (Å²) in [5.41, 5.74) is 4.85. The van der Waals surface area contributed by atoms with E-state index in [1.54, 1.807) is 6.92 Å². The molecule has 0 spiro atoms. The third-order valence-corrected chi connectivity index (χ3v) is 5.31. The molecular formula is C18H23FN4O3. The molecule has 1 aromatic rings. The molecular weight excluding hydrogens is 339 g/mol. The summed E-state index contributed by atoms with van der Waals surface area (Å²) in [5, 5.41) is 5.48. The van der Waals surface area contributed by atoms with Gasteiger partial charge in [0.25, 0.3) is 5.91 Å². The molecule has 26 heavy (non-hydrogen) atoms. The summed E-state index contributed by atoms with van der Waals surface area (Å²) < 4.78 is 13.1. The number of benzene rings is 1. The lowest BCUT2D eigenvalue weighted by Crippen LogP contribution is -2.47. The van der Waals surface area contributed by atoms with E-state index in [4.69, 9.17) is 5.73 Å². The number of hydrogen-bond donors (Lipinski definition) is 3. The van der Waals surface area contributed by atoms with Crippen molar-refractivity contribution in [2.24, 2.45) is 11.7 Å². The highest BCUT2D eigenvalue weighted by atomic mass is 19.1. The maximum Gasteiger partial charge on any atom is 0.325 e. The van der Waals surface area contributed by atoms with Crippen LogP contribution in [0.15, 0.2) is 24.3 Å². The number of amides is 4. The molecule has 7 nitrogen and oxygen atoms in total. The van der Waals surface area contributed by atoms with Gasteiger partial charge in [-0.25, -0.2) is 9.18 Å². The van der Waals surface area contributed by atoms with Crippen molar-refractivity contribution in [3.8, 4) is 0 Å². The Morgan fingerprint density at radius 3 is 2.69 bits per heavy atom. The van der Waals surface area contributed by atoms with Crippen LogP contribution in [-0.2, 0) is 15.1 Å². The second kappa shape index (κ2) is 7.03. The van der Waals surface area contributed by atoms with Crippen LogP contribution in [0.3, 0.4) is 0 Å². The number of nitrogens with two attached hydrogens (primary N) is 1. The standard InChI is InChI=1S/C18H23FN4O3/c1-18(12-5-7-13(19)8-6-12)16(25)23(17(26)22-18)10-15(24)21-14-4-2-3-11(14)9-20/h5-8,11,14H,2-4,9-10,20H2,1H3,(H,21,24)(H,22,26). The van der Waals surface area contributed by atoms with Crippen molar-refractivity contribution in [2.75, 3.05) is 13.1 Å². The monoisotopic (exact) mass is 362 g/mol. The number of halogens is 1. The van der Waals surface area contributed by atoms with Crippen LogP contribution in [-0.4, -0.2) is 41.9 Å². The number of hydrogen-bond acceptors (Lipinski definition) is 4. The number of carbonyl (C=O) groups excluding carboxylic acids is 3. The van der Waals surface area contributed by atoms with Crippen molar-refractivity contribution < 1.29 is 18.8 Å². The molecule has 1 heterocycles. The molecule has 4 amide bonds. The van der Waals surface area contributed by atoms with Crippen molar-refractivity contribution >= 4 is 17.8 Å². The lowest BCUT2D eigenvalue weighted by Gasteiger charge is -2.23. The fourth-order valence-corrected chi connectivity index (χ4v) is 3.72. The van der Waals surface area contributed by atoms with E-state index in [0.29, 0.717) is 12.1 Å². The van der Waals surface area contributed by atoms with Crippen LogP contribution in [0.2, 0.25) is 0 Å². The molecule has 1 aromatic carbocycles. The van der Waals surface area contributed by atoms with E-state index in [-0.39, 0.29) is 24.4 Å². The molecule has 140 valence electrons.